The van der Waals surface area contributed by atoms with E-state index in [4.69, 9.17) is 16.3 Å². The molecule has 0 fully saturated rings. The van der Waals surface area contributed by atoms with E-state index in [0.29, 0.717) is 27.8 Å². The third-order valence-corrected chi connectivity index (χ3v) is 4.08. The highest BCUT2D eigenvalue weighted by molar-refractivity contribution is 6.30. The molecule has 2 aromatic carbocycles. The van der Waals surface area contributed by atoms with Gasteiger partial charge in [0.25, 0.3) is 5.91 Å². The Bertz CT molecular complexity index is 927. The number of para-hydroxylation sites is 2. The molecule has 3 rings (SSSR count). The summed E-state index contributed by atoms with van der Waals surface area (Å²) in [7, 11) is 1.56. The predicted octanol–water partition coefficient (Wildman–Crippen LogP) is 5.05. The van der Waals surface area contributed by atoms with Gasteiger partial charge < -0.3 is 15.4 Å². The first kappa shape index (κ1) is 17.8. The minimum atomic E-state index is -0.257. The van der Waals surface area contributed by atoms with Gasteiger partial charge in [-0.2, -0.15) is 0 Å². The first-order valence-corrected chi connectivity index (χ1v) is 8.38. The largest absolute Gasteiger partial charge is 0.495 e. The van der Waals surface area contributed by atoms with E-state index in [1.165, 1.54) is 6.20 Å². The molecule has 1 aromatic heterocycles. The zero-order valence-corrected chi connectivity index (χ0v) is 15.2. The van der Waals surface area contributed by atoms with E-state index in [1.54, 1.807) is 31.4 Å². The summed E-state index contributed by atoms with van der Waals surface area (Å²) in [6.45, 7) is 1.98. The lowest BCUT2D eigenvalue weighted by molar-refractivity contribution is 0.102. The SMILES string of the molecule is COc1ccccc1NC(=O)c1ccc(Nc2cc(Cl)ccc2C)nc1. The highest BCUT2D eigenvalue weighted by atomic mass is 35.5. The molecule has 132 valence electrons. The molecule has 2 N–H and O–H groups in total. The summed E-state index contributed by atoms with van der Waals surface area (Å²) >= 11 is 6.03. The van der Waals surface area contributed by atoms with Crippen LogP contribution in [0, 0.1) is 6.92 Å². The summed E-state index contributed by atoms with van der Waals surface area (Å²) in [5, 5.41) is 6.67. The second kappa shape index (κ2) is 7.89. The molecule has 1 amide bonds. The van der Waals surface area contributed by atoms with Crippen LogP contribution >= 0.6 is 11.6 Å². The summed E-state index contributed by atoms with van der Waals surface area (Å²) in [4.78, 5) is 16.7. The summed E-state index contributed by atoms with van der Waals surface area (Å²) < 4.78 is 5.24. The summed E-state index contributed by atoms with van der Waals surface area (Å²) in [6, 6.07) is 16.3. The van der Waals surface area contributed by atoms with Gasteiger partial charge in [0.2, 0.25) is 0 Å². The van der Waals surface area contributed by atoms with Crippen LogP contribution in [0.15, 0.2) is 60.8 Å². The van der Waals surface area contributed by atoms with Crippen molar-refractivity contribution in [2.24, 2.45) is 0 Å². The van der Waals surface area contributed by atoms with Crippen molar-refractivity contribution in [2.45, 2.75) is 6.92 Å². The van der Waals surface area contributed by atoms with E-state index < -0.39 is 0 Å². The zero-order chi connectivity index (χ0) is 18.5. The van der Waals surface area contributed by atoms with Crippen LogP contribution in [0.5, 0.6) is 5.75 Å². The highest BCUT2D eigenvalue weighted by Gasteiger charge is 2.10. The van der Waals surface area contributed by atoms with E-state index in [0.717, 1.165) is 11.3 Å². The van der Waals surface area contributed by atoms with Crippen LogP contribution in [-0.2, 0) is 0 Å². The lowest BCUT2D eigenvalue weighted by Crippen LogP contribution is -2.13. The number of aromatic nitrogens is 1. The molecule has 26 heavy (non-hydrogen) atoms. The number of rotatable bonds is 5. The van der Waals surface area contributed by atoms with Crippen molar-refractivity contribution in [3.05, 3.63) is 76.9 Å². The Hall–Kier alpha value is -3.05. The van der Waals surface area contributed by atoms with Crippen molar-refractivity contribution >= 4 is 34.7 Å². The summed E-state index contributed by atoms with van der Waals surface area (Å²) in [5.74, 6) is 0.972. The number of carbonyl (C=O) groups is 1. The number of halogens is 1. The Morgan fingerprint density at radius 1 is 1.08 bits per heavy atom. The number of anilines is 3. The number of carbonyl (C=O) groups excluding carboxylic acids is 1. The van der Waals surface area contributed by atoms with Gasteiger partial charge in [-0.05, 0) is 48.9 Å². The minimum Gasteiger partial charge on any atom is -0.495 e. The van der Waals surface area contributed by atoms with Crippen molar-refractivity contribution in [3.8, 4) is 5.75 Å². The van der Waals surface area contributed by atoms with Crippen LogP contribution < -0.4 is 15.4 Å². The number of pyridine rings is 1. The number of methoxy groups -OCH3 is 1. The van der Waals surface area contributed by atoms with Gasteiger partial charge in [-0.3, -0.25) is 4.79 Å². The number of aryl methyl sites for hydroxylation is 1. The van der Waals surface area contributed by atoms with Crippen molar-refractivity contribution in [1.29, 1.82) is 0 Å². The van der Waals surface area contributed by atoms with Crippen LogP contribution in [0.2, 0.25) is 5.02 Å². The summed E-state index contributed by atoms with van der Waals surface area (Å²) in [5.41, 5.74) is 2.98. The van der Waals surface area contributed by atoms with Crippen LogP contribution in [0.25, 0.3) is 0 Å². The van der Waals surface area contributed by atoms with E-state index in [1.807, 2.05) is 37.3 Å². The van der Waals surface area contributed by atoms with Gasteiger partial charge in [0, 0.05) is 16.9 Å². The molecule has 6 heteroatoms. The van der Waals surface area contributed by atoms with Crippen molar-refractivity contribution in [2.75, 3.05) is 17.7 Å². The second-order valence-electron chi connectivity index (χ2n) is 5.67. The summed E-state index contributed by atoms with van der Waals surface area (Å²) in [6.07, 6.45) is 1.52. The fourth-order valence-electron chi connectivity index (χ4n) is 2.41. The predicted molar refractivity (Wildman–Crippen MR) is 105 cm³/mol. The molecule has 3 aromatic rings. The van der Waals surface area contributed by atoms with Gasteiger partial charge in [0.1, 0.15) is 11.6 Å². The molecule has 0 aliphatic rings. The topological polar surface area (TPSA) is 63.2 Å². The first-order chi connectivity index (χ1) is 12.6. The number of hydrogen-bond donors (Lipinski definition) is 2. The van der Waals surface area contributed by atoms with Gasteiger partial charge in [-0.25, -0.2) is 4.98 Å². The number of hydrogen-bond acceptors (Lipinski definition) is 4. The van der Waals surface area contributed by atoms with E-state index in [-0.39, 0.29) is 5.91 Å². The molecular weight excluding hydrogens is 350 g/mol. The fraction of sp³-hybridized carbons (Fsp3) is 0.100. The van der Waals surface area contributed by atoms with Crippen molar-refractivity contribution in [3.63, 3.8) is 0 Å². The molecular formula is C20H18ClN3O2. The minimum absolute atomic E-state index is 0.257. The molecule has 0 aliphatic heterocycles. The molecule has 5 nitrogen and oxygen atoms in total. The zero-order valence-electron chi connectivity index (χ0n) is 14.4. The number of nitrogens with zero attached hydrogens (tertiary/aromatic N) is 1. The van der Waals surface area contributed by atoms with Crippen LogP contribution in [-0.4, -0.2) is 18.0 Å². The second-order valence-corrected chi connectivity index (χ2v) is 6.11. The van der Waals surface area contributed by atoms with Gasteiger partial charge in [-0.1, -0.05) is 29.8 Å². The van der Waals surface area contributed by atoms with E-state index >= 15 is 0 Å². The van der Waals surface area contributed by atoms with Crippen molar-refractivity contribution < 1.29 is 9.53 Å². The van der Waals surface area contributed by atoms with Crippen LogP contribution in [0.4, 0.5) is 17.2 Å². The normalized spacial score (nSPS) is 10.3. The third kappa shape index (κ3) is 4.13. The van der Waals surface area contributed by atoms with Crippen molar-refractivity contribution in [1.82, 2.24) is 4.98 Å². The molecule has 0 saturated heterocycles. The Morgan fingerprint density at radius 2 is 1.88 bits per heavy atom. The van der Waals surface area contributed by atoms with E-state index in [2.05, 4.69) is 15.6 Å². The first-order valence-electron chi connectivity index (χ1n) is 8.00. The monoisotopic (exact) mass is 367 g/mol. The number of nitrogens with one attached hydrogen (secondary N) is 2. The van der Waals surface area contributed by atoms with Gasteiger partial charge >= 0.3 is 0 Å². The quantitative estimate of drug-likeness (QED) is 0.662. The van der Waals surface area contributed by atoms with Gasteiger partial charge in [0.05, 0.1) is 18.4 Å². The maximum atomic E-state index is 12.4. The third-order valence-electron chi connectivity index (χ3n) is 3.84. The maximum Gasteiger partial charge on any atom is 0.257 e. The lowest BCUT2D eigenvalue weighted by atomic mass is 10.2. The Morgan fingerprint density at radius 3 is 2.62 bits per heavy atom. The number of ether oxygens (including phenoxy) is 1. The number of amides is 1. The molecule has 0 saturated carbocycles. The molecule has 0 bridgehead atoms. The van der Waals surface area contributed by atoms with Crippen LogP contribution in [0.1, 0.15) is 15.9 Å². The molecule has 0 atom stereocenters. The molecule has 0 radical (unpaired) electrons. The van der Waals surface area contributed by atoms with Gasteiger partial charge in [0.15, 0.2) is 0 Å². The lowest BCUT2D eigenvalue weighted by Gasteiger charge is -2.11. The molecule has 0 aliphatic carbocycles. The molecule has 0 unspecified atom stereocenters. The van der Waals surface area contributed by atoms with Crippen LogP contribution in [0.3, 0.4) is 0 Å². The smallest absolute Gasteiger partial charge is 0.257 e. The standard InChI is InChI=1S/C20H18ClN3O2/c1-13-7-9-15(21)11-17(13)23-19-10-8-14(12-22-19)20(25)24-16-5-3-4-6-18(16)26-2/h3-12H,1-2H3,(H,22,23)(H,24,25). The Balaban J connectivity index is 1.73. The van der Waals surface area contributed by atoms with E-state index in [9.17, 15) is 4.79 Å². The highest BCUT2D eigenvalue weighted by Crippen LogP contribution is 2.25. The Kier molecular flexibility index (Phi) is 5.39. The molecule has 1 heterocycles. The van der Waals surface area contributed by atoms with Gasteiger partial charge in [-0.15, -0.1) is 0 Å². The Labute approximate surface area is 157 Å². The average molecular weight is 368 g/mol. The maximum absolute atomic E-state index is 12.4. The fourth-order valence-corrected chi connectivity index (χ4v) is 2.58. The average Bonchev–Trinajstić information content (AvgIpc) is 2.65. The number of benzene rings is 2. The molecule has 0 spiro atoms.